The molecule has 0 saturated carbocycles. The van der Waals surface area contributed by atoms with E-state index in [1.54, 1.807) is 45.0 Å². The van der Waals surface area contributed by atoms with E-state index in [1.165, 1.54) is 12.1 Å². The van der Waals surface area contributed by atoms with Gasteiger partial charge in [-0.25, -0.2) is 18.2 Å². The molecular formula is C19H19NO5S. The summed E-state index contributed by atoms with van der Waals surface area (Å²) >= 11 is 0. The number of ether oxygens (including phenoxy) is 1. The summed E-state index contributed by atoms with van der Waals surface area (Å²) in [6, 6.07) is 9.45. The van der Waals surface area contributed by atoms with Gasteiger partial charge in [-0.3, -0.25) is 4.79 Å². The van der Waals surface area contributed by atoms with Gasteiger partial charge in [0.15, 0.2) is 15.6 Å². The molecule has 0 spiro atoms. The molecule has 0 fully saturated rings. The lowest BCUT2D eigenvalue weighted by Crippen LogP contribution is -2.24. The van der Waals surface area contributed by atoms with Gasteiger partial charge in [0.1, 0.15) is 11.3 Å². The monoisotopic (exact) mass is 373 g/mol. The van der Waals surface area contributed by atoms with Crippen LogP contribution in [0, 0.1) is 0 Å². The largest absolute Gasteiger partial charge is 0.455 e. The predicted octanol–water partition coefficient (Wildman–Crippen LogP) is 3.06. The van der Waals surface area contributed by atoms with Crippen molar-refractivity contribution in [1.29, 1.82) is 0 Å². The van der Waals surface area contributed by atoms with Crippen LogP contribution in [0.25, 0.3) is 11.3 Å². The Labute approximate surface area is 152 Å². The van der Waals surface area contributed by atoms with Gasteiger partial charge in [-0.1, -0.05) is 12.1 Å². The number of aromatic nitrogens is 1. The summed E-state index contributed by atoms with van der Waals surface area (Å²) in [5.74, 6) is -0.916. The fraction of sp³-hybridized carbons (Fsp3) is 0.316. The molecule has 2 heterocycles. The standard InChI is InChI=1S/C19H19NO5S/c1-19(2,3)25-18(22)15-6-4-5-14(20-15)12-7-8-17-13(11-12)16(21)9-10-26(17,23)24/h4-8,11H,9-10H2,1-3H3. The van der Waals surface area contributed by atoms with Gasteiger partial charge in [0.05, 0.1) is 16.3 Å². The van der Waals surface area contributed by atoms with Crippen molar-refractivity contribution in [3.63, 3.8) is 0 Å². The average Bonchev–Trinajstić information content (AvgIpc) is 2.57. The number of ketones is 1. The lowest BCUT2D eigenvalue weighted by Gasteiger charge is -2.19. The first-order valence-electron chi connectivity index (χ1n) is 8.18. The predicted molar refractivity (Wildman–Crippen MR) is 95.8 cm³/mol. The Kier molecular flexibility index (Phi) is 4.44. The van der Waals surface area contributed by atoms with Gasteiger partial charge >= 0.3 is 5.97 Å². The first kappa shape index (κ1) is 18.3. The summed E-state index contributed by atoms with van der Waals surface area (Å²) in [6.07, 6.45) is -0.0236. The van der Waals surface area contributed by atoms with E-state index in [0.29, 0.717) is 11.3 Å². The highest BCUT2D eigenvalue weighted by atomic mass is 32.2. The number of rotatable bonds is 2. The molecule has 136 valence electrons. The van der Waals surface area contributed by atoms with Crippen molar-refractivity contribution in [2.75, 3.05) is 5.75 Å². The maximum Gasteiger partial charge on any atom is 0.357 e. The number of nitrogens with zero attached hydrogens (tertiary/aromatic N) is 1. The van der Waals surface area contributed by atoms with Crippen LogP contribution in [0.5, 0.6) is 0 Å². The Morgan fingerprint density at radius 2 is 1.88 bits per heavy atom. The molecule has 0 saturated heterocycles. The summed E-state index contributed by atoms with van der Waals surface area (Å²) < 4.78 is 29.5. The van der Waals surface area contributed by atoms with Crippen molar-refractivity contribution in [3.05, 3.63) is 47.7 Å². The molecule has 7 heteroatoms. The quantitative estimate of drug-likeness (QED) is 0.752. The minimum absolute atomic E-state index is 0.0236. The number of benzene rings is 1. The number of pyridine rings is 1. The number of sulfone groups is 1. The van der Waals surface area contributed by atoms with Crippen molar-refractivity contribution < 1.29 is 22.7 Å². The number of fused-ring (bicyclic) bond motifs is 1. The van der Waals surface area contributed by atoms with Crippen LogP contribution in [-0.2, 0) is 14.6 Å². The first-order valence-corrected chi connectivity index (χ1v) is 9.83. The van der Waals surface area contributed by atoms with Crippen molar-refractivity contribution >= 4 is 21.6 Å². The fourth-order valence-corrected chi connectivity index (χ4v) is 4.15. The Morgan fingerprint density at radius 3 is 2.58 bits per heavy atom. The van der Waals surface area contributed by atoms with Crippen LogP contribution in [0.15, 0.2) is 41.3 Å². The van der Waals surface area contributed by atoms with Gasteiger partial charge in [0, 0.05) is 17.5 Å². The minimum atomic E-state index is -3.43. The smallest absolute Gasteiger partial charge is 0.357 e. The van der Waals surface area contributed by atoms with Crippen LogP contribution in [0.3, 0.4) is 0 Å². The van der Waals surface area contributed by atoms with Crippen molar-refractivity contribution in [3.8, 4) is 11.3 Å². The average molecular weight is 373 g/mol. The highest BCUT2D eigenvalue weighted by molar-refractivity contribution is 7.91. The Morgan fingerprint density at radius 1 is 1.15 bits per heavy atom. The number of Topliss-reactive ketones (excluding diaryl/α,β-unsaturated/α-hetero) is 1. The van der Waals surface area contributed by atoms with E-state index in [4.69, 9.17) is 4.74 Å². The van der Waals surface area contributed by atoms with E-state index in [0.717, 1.165) is 0 Å². The third-order valence-corrected chi connectivity index (χ3v) is 5.63. The molecule has 0 bridgehead atoms. The molecule has 2 aromatic rings. The van der Waals surface area contributed by atoms with Crippen LogP contribution in [0.1, 0.15) is 48.0 Å². The van der Waals surface area contributed by atoms with Gasteiger partial charge in [-0.2, -0.15) is 0 Å². The summed E-state index contributed by atoms with van der Waals surface area (Å²) in [5.41, 5.74) is 0.723. The van der Waals surface area contributed by atoms with E-state index in [-0.39, 0.29) is 34.1 Å². The molecule has 0 N–H and O–H groups in total. The molecule has 0 amide bonds. The van der Waals surface area contributed by atoms with Gasteiger partial charge in [0.25, 0.3) is 0 Å². The van der Waals surface area contributed by atoms with Crippen molar-refractivity contribution in [2.45, 2.75) is 37.7 Å². The topological polar surface area (TPSA) is 90.4 Å². The molecule has 6 nitrogen and oxygen atoms in total. The maximum atomic E-state index is 12.2. The Balaban J connectivity index is 2.01. The lowest BCUT2D eigenvalue weighted by atomic mass is 10.0. The summed E-state index contributed by atoms with van der Waals surface area (Å²) in [6.45, 7) is 5.30. The molecule has 0 atom stereocenters. The molecule has 1 aliphatic heterocycles. The molecule has 0 unspecified atom stereocenters. The van der Waals surface area contributed by atoms with Gasteiger partial charge < -0.3 is 4.74 Å². The molecular weight excluding hydrogens is 354 g/mol. The number of esters is 1. The van der Waals surface area contributed by atoms with Crippen molar-refractivity contribution in [2.24, 2.45) is 0 Å². The van der Waals surface area contributed by atoms with E-state index in [1.807, 2.05) is 0 Å². The third-order valence-electron chi connectivity index (χ3n) is 3.87. The zero-order valence-corrected chi connectivity index (χ0v) is 15.6. The van der Waals surface area contributed by atoms with E-state index >= 15 is 0 Å². The third kappa shape index (κ3) is 3.67. The van der Waals surface area contributed by atoms with Gasteiger partial charge in [-0.05, 0) is 45.0 Å². The molecule has 1 aromatic heterocycles. The normalized spacial score (nSPS) is 16.0. The highest BCUT2D eigenvalue weighted by Crippen LogP contribution is 2.29. The maximum absolute atomic E-state index is 12.2. The van der Waals surface area contributed by atoms with Gasteiger partial charge in [-0.15, -0.1) is 0 Å². The Hall–Kier alpha value is -2.54. The summed E-state index contributed by atoms with van der Waals surface area (Å²) in [7, 11) is -3.43. The SMILES string of the molecule is CC(C)(C)OC(=O)c1cccc(-c2ccc3c(c2)C(=O)CCS3(=O)=O)n1. The number of carbonyl (C=O) groups excluding carboxylic acids is 2. The molecule has 0 radical (unpaired) electrons. The van der Waals surface area contributed by atoms with E-state index < -0.39 is 21.4 Å². The molecule has 3 rings (SSSR count). The van der Waals surface area contributed by atoms with Crippen LogP contribution in [-0.4, -0.2) is 36.5 Å². The molecule has 1 aliphatic rings. The zero-order chi connectivity index (χ0) is 19.1. The van der Waals surface area contributed by atoms with Crippen LogP contribution in [0.2, 0.25) is 0 Å². The van der Waals surface area contributed by atoms with Crippen molar-refractivity contribution in [1.82, 2.24) is 4.98 Å². The number of hydrogen-bond donors (Lipinski definition) is 0. The fourth-order valence-electron chi connectivity index (χ4n) is 2.69. The number of hydrogen-bond acceptors (Lipinski definition) is 6. The van der Waals surface area contributed by atoms with Gasteiger partial charge in [0.2, 0.25) is 0 Å². The summed E-state index contributed by atoms with van der Waals surface area (Å²) in [5, 5.41) is 0. The highest BCUT2D eigenvalue weighted by Gasteiger charge is 2.29. The van der Waals surface area contributed by atoms with Crippen LogP contribution in [0.4, 0.5) is 0 Å². The molecule has 26 heavy (non-hydrogen) atoms. The van der Waals surface area contributed by atoms with Crippen LogP contribution < -0.4 is 0 Å². The van der Waals surface area contributed by atoms with E-state index in [9.17, 15) is 18.0 Å². The second kappa shape index (κ2) is 6.32. The second-order valence-electron chi connectivity index (χ2n) is 7.11. The first-order chi connectivity index (χ1) is 12.1. The zero-order valence-electron chi connectivity index (χ0n) is 14.8. The Bertz CT molecular complexity index is 1000. The number of carbonyl (C=O) groups is 2. The lowest BCUT2D eigenvalue weighted by molar-refractivity contribution is 0.00628. The molecule has 0 aliphatic carbocycles. The second-order valence-corrected chi connectivity index (χ2v) is 9.19. The van der Waals surface area contributed by atoms with E-state index in [2.05, 4.69) is 4.98 Å². The summed E-state index contributed by atoms with van der Waals surface area (Å²) in [4.78, 5) is 28.7. The molecule has 1 aromatic carbocycles. The van der Waals surface area contributed by atoms with Crippen LogP contribution >= 0.6 is 0 Å². The minimum Gasteiger partial charge on any atom is -0.455 e.